The van der Waals surface area contributed by atoms with E-state index in [0.717, 1.165) is 11.0 Å². The van der Waals surface area contributed by atoms with E-state index in [4.69, 9.17) is 16.0 Å². The van der Waals surface area contributed by atoms with Crippen molar-refractivity contribution in [3.05, 3.63) is 82.8 Å². The lowest BCUT2D eigenvalue weighted by molar-refractivity contribution is 0.0997. The van der Waals surface area contributed by atoms with E-state index >= 15 is 0 Å². The Morgan fingerprint density at radius 3 is 2.81 bits per heavy atom. The lowest BCUT2D eigenvalue weighted by atomic mass is 10.1. The third kappa shape index (κ3) is 3.32. The second-order valence-electron chi connectivity index (χ2n) is 5.74. The number of rotatable bonds is 4. The maximum absolute atomic E-state index is 13.8. The summed E-state index contributed by atoms with van der Waals surface area (Å²) in [6.07, 6.45) is 0.355. The summed E-state index contributed by atoms with van der Waals surface area (Å²) in [5, 5.41) is 2.88. The van der Waals surface area contributed by atoms with Gasteiger partial charge in [0.2, 0.25) is 0 Å². The predicted octanol–water partition coefficient (Wildman–Crippen LogP) is 4.79. The number of carbonyl (C=O) groups is 1. The van der Waals surface area contributed by atoms with Gasteiger partial charge >= 0.3 is 0 Å². The van der Waals surface area contributed by atoms with Gasteiger partial charge in [0.25, 0.3) is 5.91 Å². The molecular weight excluding hydrogens is 357 g/mol. The number of benzene rings is 2. The van der Waals surface area contributed by atoms with E-state index in [9.17, 15) is 9.18 Å². The van der Waals surface area contributed by atoms with Crippen molar-refractivity contribution in [1.29, 1.82) is 0 Å². The first kappa shape index (κ1) is 16.4. The highest BCUT2D eigenvalue weighted by molar-refractivity contribution is 6.29. The van der Waals surface area contributed by atoms with Gasteiger partial charge in [0.15, 0.2) is 11.0 Å². The van der Waals surface area contributed by atoms with Crippen molar-refractivity contribution in [2.75, 3.05) is 5.32 Å². The number of anilines is 1. The van der Waals surface area contributed by atoms with Crippen LogP contribution in [-0.2, 0) is 6.42 Å². The largest absolute Gasteiger partial charge is 0.440 e. The quantitative estimate of drug-likeness (QED) is 0.543. The molecule has 0 spiro atoms. The van der Waals surface area contributed by atoms with E-state index in [1.807, 2.05) is 0 Å². The Hall–Kier alpha value is -3.12. The van der Waals surface area contributed by atoms with Crippen molar-refractivity contribution in [2.24, 2.45) is 0 Å². The van der Waals surface area contributed by atoms with E-state index in [0.29, 0.717) is 23.5 Å². The number of fused-ring (bicyclic) bond motifs is 1. The number of hydrogen-bond donors (Lipinski definition) is 2. The summed E-state index contributed by atoms with van der Waals surface area (Å²) in [5.74, 6) is 0.103. The fourth-order valence-corrected chi connectivity index (χ4v) is 2.82. The molecule has 4 aromatic rings. The van der Waals surface area contributed by atoms with Crippen LogP contribution in [0, 0.1) is 5.82 Å². The van der Waals surface area contributed by atoms with Gasteiger partial charge in [-0.2, -0.15) is 0 Å². The summed E-state index contributed by atoms with van der Waals surface area (Å²) in [6, 6.07) is 14.9. The Morgan fingerprint density at radius 1 is 1.19 bits per heavy atom. The zero-order valence-electron chi connectivity index (χ0n) is 13.4. The molecule has 0 aliphatic carbocycles. The maximum atomic E-state index is 13.8. The highest BCUT2D eigenvalue weighted by atomic mass is 35.5. The zero-order valence-corrected chi connectivity index (χ0v) is 14.2. The molecule has 0 saturated carbocycles. The average molecular weight is 370 g/mol. The van der Waals surface area contributed by atoms with Crippen molar-refractivity contribution in [2.45, 2.75) is 6.42 Å². The molecule has 0 bridgehead atoms. The van der Waals surface area contributed by atoms with Crippen LogP contribution in [0.2, 0.25) is 5.22 Å². The van der Waals surface area contributed by atoms with Crippen LogP contribution < -0.4 is 5.32 Å². The van der Waals surface area contributed by atoms with Gasteiger partial charge in [0.05, 0.1) is 11.0 Å². The van der Waals surface area contributed by atoms with E-state index in [2.05, 4.69) is 15.3 Å². The Morgan fingerprint density at radius 2 is 2.04 bits per heavy atom. The summed E-state index contributed by atoms with van der Waals surface area (Å²) >= 11 is 5.68. The van der Waals surface area contributed by atoms with Crippen LogP contribution in [0.5, 0.6) is 0 Å². The topological polar surface area (TPSA) is 70.9 Å². The van der Waals surface area contributed by atoms with Crippen molar-refractivity contribution in [3.63, 3.8) is 0 Å². The summed E-state index contributed by atoms with van der Waals surface area (Å²) in [4.78, 5) is 19.7. The number of H-pyrrole nitrogens is 1. The standard InChI is InChI=1S/C19H13ClFN3O2/c20-17-8-7-16(26-17)19(25)22-12-5-6-14-15(10-12)24-18(23-14)9-11-3-1-2-4-13(11)21/h1-8,10H,9H2,(H,22,25)(H,23,24). The Bertz CT molecular complexity index is 1100. The first-order valence-electron chi connectivity index (χ1n) is 7.87. The smallest absolute Gasteiger partial charge is 0.291 e. The predicted molar refractivity (Wildman–Crippen MR) is 97.0 cm³/mol. The summed E-state index contributed by atoms with van der Waals surface area (Å²) in [5.41, 5.74) is 2.62. The molecule has 0 radical (unpaired) electrons. The molecular formula is C19H13ClFN3O2. The number of aromatic amines is 1. The van der Waals surface area contributed by atoms with Crippen molar-refractivity contribution >= 4 is 34.2 Å². The molecule has 4 rings (SSSR count). The molecule has 0 saturated heterocycles. The van der Waals surface area contributed by atoms with Gasteiger partial charge in [-0.1, -0.05) is 18.2 Å². The van der Waals surface area contributed by atoms with Crippen LogP contribution in [0.3, 0.4) is 0 Å². The average Bonchev–Trinajstić information content (AvgIpc) is 3.22. The van der Waals surface area contributed by atoms with Gasteiger partial charge in [0.1, 0.15) is 11.6 Å². The molecule has 5 nitrogen and oxygen atoms in total. The molecule has 0 unspecified atom stereocenters. The molecule has 0 aliphatic rings. The van der Waals surface area contributed by atoms with Gasteiger partial charge in [-0.3, -0.25) is 4.79 Å². The Labute approximate surface area is 152 Å². The van der Waals surface area contributed by atoms with E-state index in [1.54, 1.807) is 36.4 Å². The number of hydrogen-bond acceptors (Lipinski definition) is 3. The normalized spacial score (nSPS) is 11.0. The van der Waals surface area contributed by atoms with E-state index in [1.165, 1.54) is 18.2 Å². The highest BCUT2D eigenvalue weighted by Crippen LogP contribution is 2.21. The lowest BCUT2D eigenvalue weighted by Crippen LogP contribution is -2.10. The van der Waals surface area contributed by atoms with Crippen LogP contribution in [0.15, 0.2) is 59.0 Å². The van der Waals surface area contributed by atoms with Crippen molar-refractivity contribution in [1.82, 2.24) is 9.97 Å². The number of carbonyl (C=O) groups excluding carboxylic acids is 1. The van der Waals surface area contributed by atoms with E-state index in [-0.39, 0.29) is 16.8 Å². The number of halogens is 2. The van der Waals surface area contributed by atoms with Crippen LogP contribution >= 0.6 is 11.6 Å². The SMILES string of the molecule is O=C(Nc1ccc2nc(Cc3ccccc3F)[nH]c2c1)c1ccc(Cl)o1. The second kappa shape index (κ2) is 6.65. The molecule has 2 N–H and O–H groups in total. The first-order chi connectivity index (χ1) is 12.6. The number of aromatic nitrogens is 2. The monoisotopic (exact) mass is 369 g/mol. The van der Waals surface area contributed by atoms with Crippen molar-refractivity contribution in [3.8, 4) is 0 Å². The minimum Gasteiger partial charge on any atom is -0.440 e. The molecule has 2 aromatic carbocycles. The van der Waals surface area contributed by atoms with Crippen LogP contribution in [0.4, 0.5) is 10.1 Å². The third-order valence-corrected chi connectivity index (χ3v) is 4.10. The van der Waals surface area contributed by atoms with Gasteiger partial charge in [-0.05, 0) is 53.6 Å². The van der Waals surface area contributed by atoms with Crippen LogP contribution in [-0.4, -0.2) is 15.9 Å². The minimum absolute atomic E-state index is 0.125. The van der Waals surface area contributed by atoms with Crippen LogP contribution in [0.25, 0.3) is 11.0 Å². The minimum atomic E-state index is -0.401. The first-order valence-corrected chi connectivity index (χ1v) is 8.25. The van der Waals surface area contributed by atoms with Gasteiger partial charge < -0.3 is 14.7 Å². The Balaban J connectivity index is 1.56. The third-order valence-electron chi connectivity index (χ3n) is 3.90. The van der Waals surface area contributed by atoms with Gasteiger partial charge in [-0.25, -0.2) is 9.37 Å². The number of imidazole rings is 1. The number of nitrogens with one attached hydrogen (secondary N) is 2. The molecule has 0 atom stereocenters. The number of amides is 1. The zero-order chi connectivity index (χ0) is 18.1. The second-order valence-corrected chi connectivity index (χ2v) is 6.11. The number of furan rings is 1. The molecule has 1 amide bonds. The molecule has 7 heteroatoms. The van der Waals surface area contributed by atoms with Gasteiger partial charge in [-0.15, -0.1) is 0 Å². The van der Waals surface area contributed by atoms with E-state index < -0.39 is 5.91 Å². The fourth-order valence-electron chi connectivity index (χ4n) is 2.68. The highest BCUT2D eigenvalue weighted by Gasteiger charge is 2.12. The summed E-state index contributed by atoms with van der Waals surface area (Å²) < 4.78 is 18.9. The van der Waals surface area contributed by atoms with Gasteiger partial charge in [0, 0.05) is 12.1 Å². The summed E-state index contributed by atoms with van der Waals surface area (Å²) in [7, 11) is 0. The Kier molecular flexibility index (Phi) is 4.18. The molecule has 26 heavy (non-hydrogen) atoms. The van der Waals surface area contributed by atoms with Crippen LogP contribution in [0.1, 0.15) is 21.9 Å². The molecule has 2 aromatic heterocycles. The molecule has 0 aliphatic heterocycles. The summed E-state index contributed by atoms with van der Waals surface area (Å²) in [6.45, 7) is 0. The van der Waals surface area contributed by atoms with Crippen molar-refractivity contribution < 1.29 is 13.6 Å². The number of nitrogens with zero attached hydrogens (tertiary/aromatic N) is 1. The molecule has 130 valence electrons. The molecule has 0 fully saturated rings. The fraction of sp³-hybridized carbons (Fsp3) is 0.0526. The maximum Gasteiger partial charge on any atom is 0.291 e. The molecule has 2 heterocycles. The lowest BCUT2D eigenvalue weighted by Gasteiger charge is -2.02.